The zero-order chi connectivity index (χ0) is 16.3. The molecule has 22 heavy (non-hydrogen) atoms. The Kier molecular flexibility index (Phi) is 4.65. The van der Waals surface area contributed by atoms with Gasteiger partial charge in [-0.1, -0.05) is 17.7 Å². The van der Waals surface area contributed by atoms with E-state index in [2.05, 4.69) is 5.32 Å². The van der Waals surface area contributed by atoms with E-state index in [9.17, 15) is 9.59 Å². The van der Waals surface area contributed by atoms with E-state index in [1.807, 2.05) is 32.9 Å². The van der Waals surface area contributed by atoms with E-state index in [4.69, 9.17) is 4.42 Å². The number of amides is 2. The number of furan rings is 1. The Labute approximate surface area is 129 Å². The molecule has 0 saturated heterocycles. The molecule has 1 N–H and O–H groups in total. The molecule has 0 unspecified atom stereocenters. The highest BCUT2D eigenvalue weighted by Gasteiger charge is 2.18. The van der Waals surface area contributed by atoms with E-state index in [0.29, 0.717) is 0 Å². The monoisotopic (exact) mass is 300 g/mol. The lowest BCUT2D eigenvalue weighted by Crippen LogP contribution is -2.35. The molecule has 0 atom stereocenters. The summed E-state index contributed by atoms with van der Waals surface area (Å²) in [6.07, 6.45) is 1.43. The average Bonchev–Trinajstić information content (AvgIpc) is 2.95. The molecule has 0 radical (unpaired) electrons. The maximum atomic E-state index is 12.2. The van der Waals surface area contributed by atoms with Crippen LogP contribution in [0.25, 0.3) is 0 Å². The van der Waals surface area contributed by atoms with Crippen LogP contribution >= 0.6 is 0 Å². The number of nitrogens with one attached hydrogen (secondary N) is 1. The second kappa shape index (κ2) is 6.47. The highest BCUT2D eigenvalue weighted by atomic mass is 16.3. The van der Waals surface area contributed by atoms with Crippen LogP contribution < -0.4 is 5.32 Å². The van der Waals surface area contributed by atoms with E-state index < -0.39 is 0 Å². The van der Waals surface area contributed by atoms with Crippen molar-refractivity contribution >= 4 is 17.5 Å². The van der Waals surface area contributed by atoms with Crippen molar-refractivity contribution in [3.05, 3.63) is 53.0 Å². The average molecular weight is 300 g/mol. The first-order valence-electron chi connectivity index (χ1n) is 7.05. The first kappa shape index (κ1) is 15.8. The van der Waals surface area contributed by atoms with Gasteiger partial charge in [0.15, 0.2) is 5.76 Å². The third-order valence-corrected chi connectivity index (χ3v) is 3.40. The molecule has 2 amide bonds. The third kappa shape index (κ3) is 3.55. The van der Waals surface area contributed by atoms with Gasteiger partial charge in [0, 0.05) is 12.7 Å². The second-order valence-corrected chi connectivity index (χ2v) is 5.46. The maximum absolute atomic E-state index is 12.2. The zero-order valence-corrected chi connectivity index (χ0v) is 13.3. The van der Waals surface area contributed by atoms with Gasteiger partial charge >= 0.3 is 0 Å². The molecule has 0 saturated carbocycles. The first-order chi connectivity index (χ1) is 10.4. The van der Waals surface area contributed by atoms with E-state index >= 15 is 0 Å². The fourth-order valence-corrected chi connectivity index (χ4v) is 2.43. The molecule has 0 bridgehead atoms. The number of rotatable bonds is 4. The van der Waals surface area contributed by atoms with Crippen LogP contribution in [0.5, 0.6) is 0 Å². The van der Waals surface area contributed by atoms with Crippen molar-refractivity contribution in [2.45, 2.75) is 20.8 Å². The Morgan fingerprint density at radius 3 is 2.36 bits per heavy atom. The molecule has 1 aromatic carbocycles. The van der Waals surface area contributed by atoms with E-state index in [1.54, 1.807) is 19.2 Å². The molecule has 0 spiro atoms. The Morgan fingerprint density at radius 1 is 1.18 bits per heavy atom. The third-order valence-electron chi connectivity index (χ3n) is 3.40. The summed E-state index contributed by atoms with van der Waals surface area (Å²) in [5.74, 6) is -0.340. The van der Waals surface area contributed by atoms with Crippen molar-refractivity contribution in [3.8, 4) is 0 Å². The quantitative estimate of drug-likeness (QED) is 0.944. The van der Waals surface area contributed by atoms with Gasteiger partial charge in [0.1, 0.15) is 0 Å². The molecular weight excluding hydrogens is 280 g/mol. The van der Waals surface area contributed by atoms with Crippen molar-refractivity contribution in [2.75, 3.05) is 18.9 Å². The number of carbonyl (C=O) groups is 2. The second-order valence-electron chi connectivity index (χ2n) is 5.46. The lowest BCUT2D eigenvalue weighted by atomic mass is 10.1. The van der Waals surface area contributed by atoms with Gasteiger partial charge in [-0.05, 0) is 44.0 Å². The molecule has 2 rings (SSSR count). The van der Waals surface area contributed by atoms with E-state index in [0.717, 1.165) is 22.4 Å². The molecule has 0 aliphatic carbocycles. The van der Waals surface area contributed by atoms with Crippen LogP contribution in [0.15, 0.2) is 34.9 Å². The Bertz CT molecular complexity index is 667. The molecule has 2 aromatic rings. The van der Waals surface area contributed by atoms with Crippen LogP contribution in [-0.2, 0) is 4.79 Å². The molecule has 5 nitrogen and oxygen atoms in total. The van der Waals surface area contributed by atoms with Crippen LogP contribution in [0.4, 0.5) is 5.69 Å². The molecule has 0 fully saturated rings. The van der Waals surface area contributed by atoms with Gasteiger partial charge in [-0.15, -0.1) is 0 Å². The largest absolute Gasteiger partial charge is 0.459 e. The summed E-state index contributed by atoms with van der Waals surface area (Å²) in [4.78, 5) is 25.5. The minimum absolute atomic E-state index is 0.0354. The van der Waals surface area contributed by atoms with Gasteiger partial charge in [-0.2, -0.15) is 0 Å². The predicted octanol–water partition coefficient (Wildman–Crippen LogP) is 2.92. The molecule has 116 valence electrons. The van der Waals surface area contributed by atoms with E-state index in [-0.39, 0.29) is 24.1 Å². The summed E-state index contributed by atoms with van der Waals surface area (Å²) in [6, 6.07) is 7.24. The summed E-state index contributed by atoms with van der Waals surface area (Å²) in [5.41, 5.74) is 3.96. The minimum Gasteiger partial charge on any atom is -0.459 e. The first-order valence-corrected chi connectivity index (χ1v) is 7.05. The molecule has 0 aliphatic heterocycles. The van der Waals surface area contributed by atoms with Crippen LogP contribution in [0, 0.1) is 20.8 Å². The van der Waals surface area contributed by atoms with Crippen molar-refractivity contribution in [1.29, 1.82) is 0 Å². The van der Waals surface area contributed by atoms with Crippen LogP contribution in [-0.4, -0.2) is 30.3 Å². The maximum Gasteiger partial charge on any atom is 0.289 e. The number of anilines is 1. The van der Waals surface area contributed by atoms with E-state index in [1.165, 1.54) is 11.2 Å². The summed E-state index contributed by atoms with van der Waals surface area (Å²) < 4.78 is 5.04. The summed E-state index contributed by atoms with van der Waals surface area (Å²) in [6.45, 7) is 5.88. The van der Waals surface area contributed by atoms with Gasteiger partial charge in [0.25, 0.3) is 5.91 Å². The highest BCUT2D eigenvalue weighted by molar-refractivity contribution is 5.98. The lowest BCUT2D eigenvalue weighted by molar-refractivity contribution is -0.116. The number of nitrogens with zero attached hydrogens (tertiary/aromatic N) is 1. The van der Waals surface area contributed by atoms with Crippen LogP contribution in [0.2, 0.25) is 0 Å². The summed E-state index contributed by atoms with van der Waals surface area (Å²) in [7, 11) is 1.57. The van der Waals surface area contributed by atoms with Gasteiger partial charge in [0.05, 0.1) is 12.8 Å². The van der Waals surface area contributed by atoms with Gasteiger partial charge < -0.3 is 14.6 Å². The number of carbonyl (C=O) groups excluding carboxylic acids is 2. The Hall–Kier alpha value is -2.56. The Balaban J connectivity index is 2.03. The number of hydrogen-bond acceptors (Lipinski definition) is 3. The standard InChI is InChI=1S/C17H20N2O3/c1-11-8-12(2)16(13(3)9-11)18-15(20)10-19(4)17(21)14-6-5-7-22-14/h5-9H,10H2,1-4H3,(H,18,20). The van der Waals surface area contributed by atoms with Crippen molar-refractivity contribution in [1.82, 2.24) is 4.90 Å². The minimum atomic E-state index is -0.322. The molecular formula is C17H20N2O3. The van der Waals surface area contributed by atoms with Gasteiger partial charge in [0.2, 0.25) is 5.91 Å². The lowest BCUT2D eigenvalue weighted by Gasteiger charge is -2.17. The molecule has 5 heteroatoms. The van der Waals surface area contributed by atoms with Crippen LogP contribution in [0.3, 0.4) is 0 Å². The number of likely N-dealkylation sites (N-methyl/N-ethyl adjacent to an activating group) is 1. The number of aryl methyl sites for hydroxylation is 3. The molecule has 1 aromatic heterocycles. The summed E-state index contributed by atoms with van der Waals surface area (Å²) >= 11 is 0. The Morgan fingerprint density at radius 2 is 1.82 bits per heavy atom. The fraction of sp³-hybridized carbons (Fsp3) is 0.294. The predicted molar refractivity (Wildman–Crippen MR) is 85.0 cm³/mol. The van der Waals surface area contributed by atoms with Crippen LogP contribution in [0.1, 0.15) is 27.2 Å². The van der Waals surface area contributed by atoms with Crippen molar-refractivity contribution in [3.63, 3.8) is 0 Å². The van der Waals surface area contributed by atoms with Crippen molar-refractivity contribution < 1.29 is 14.0 Å². The zero-order valence-electron chi connectivity index (χ0n) is 13.3. The summed E-state index contributed by atoms with van der Waals surface area (Å²) in [5, 5.41) is 2.87. The molecule has 1 heterocycles. The smallest absolute Gasteiger partial charge is 0.289 e. The molecule has 0 aliphatic rings. The normalized spacial score (nSPS) is 10.4. The highest BCUT2D eigenvalue weighted by Crippen LogP contribution is 2.21. The number of benzene rings is 1. The fourth-order valence-electron chi connectivity index (χ4n) is 2.43. The number of hydrogen-bond donors (Lipinski definition) is 1. The van der Waals surface area contributed by atoms with Gasteiger partial charge in [-0.25, -0.2) is 0 Å². The topological polar surface area (TPSA) is 62.6 Å². The SMILES string of the molecule is Cc1cc(C)c(NC(=O)CN(C)C(=O)c2ccco2)c(C)c1. The van der Waals surface area contributed by atoms with Crippen molar-refractivity contribution in [2.24, 2.45) is 0 Å². The van der Waals surface area contributed by atoms with Gasteiger partial charge in [-0.3, -0.25) is 9.59 Å².